The van der Waals surface area contributed by atoms with Crippen LogP contribution in [0.1, 0.15) is 12.5 Å². The molecular weight excluding hydrogens is 264 g/mol. The smallest absolute Gasteiger partial charge is 0.240 e. The van der Waals surface area contributed by atoms with Crippen LogP contribution in [0, 0.1) is 0 Å². The Kier molecular flexibility index (Phi) is 3.47. The highest BCUT2D eigenvalue weighted by Crippen LogP contribution is 2.29. The molecule has 2 rings (SSSR count). The van der Waals surface area contributed by atoms with Crippen molar-refractivity contribution in [3.05, 3.63) is 35.9 Å². The monoisotopic (exact) mass is 280 g/mol. The second kappa shape index (κ2) is 4.79. The number of amides is 1. The summed E-state index contributed by atoms with van der Waals surface area (Å²) >= 11 is 0. The molecule has 1 N–H and O–H groups in total. The first-order valence-electron chi connectivity index (χ1n) is 5.85. The van der Waals surface area contributed by atoms with Gasteiger partial charge in [0.2, 0.25) is 15.9 Å². The van der Waals surface area contributed by atoms with Crippen LogP contribution in [0.5, 0.6) is 0 Å². The summed E-state index contributed by atoms with van der Waals surface area (Å²) in [6.45, 7) is 5.61. The second-order valence-corrected chi connectivity index (χ2v) is 6.47. The number of likely N-dealkylation sites (N-methyl/N-ethyl adjacent to an activating group) is 1. The third kappa shape index (κ3) is 2.69. The van der Waals surface area contributed by atoms with Crippen LogP contribution in [-0.4, -0.2) is 27.9 Å². The minimum atomic E-state index is -3.55. The number of carbonyl (C=O) groups is 1. The Labute approximate surface area is 113 Å². The Hall–Kier alpha value is -1.66. The highest BCUT2D eigenvalue weighted by Gasteiger charge is 2.26. The molecule has 0 saturated carbocycles. The summed E-state index contributed by atoms with van der Waals surface area (Å²) in [5, 5.41) is 0. The Morgan fingerprint density at radius 3 is 2.79 bits per heavy atom. The summed E-state index contributed by atoms with van der Waals surface area (Å²) in [5.41, 5.74) is 2.24. The van der Waals surface area contributed by atoms with E-state index in [1.807, 2.05) is 0 Å². The van der Waals surface area contributed by atoms with Crippen molar-refractivity contribution in [3.8, 4) is 0 Å². The largest absolute Gasteiger partial charge is 0.315 e. The van der Waals surface area contributed by atoms with Crippen LogP contribution in [0.2, 0.25) is 0 Å². The van der Waals surface area contributed by atoms with Gasteiger partial charge in [-0.05, 0) is 30.7 Å². The first kappa shape index (κ1) is 13.8. The molecule has 0 bridgehead atoms. The van der Waals surface area contributed by atoms with E-state index in [2.05, 4.69) is 11.3 Å². The fourth-order valence-electron chi connectivity index (χ4n) is 1.92. The van der Waals surface area contributed by atoms with Gasteiger partial charge in [0, 0.05) is 19.3 Å². The molecule has 0 aromatic heterocycles. The van der Waals surface area contributed by atoms with Gasteiger partial charge in [0.25, 0.3) is 0 Å². The molecule has 0 saturated heterocycles. The summed E-state index contributed by atoms with van der Waals surface area (Å²) in [5.74, 6) is -0.0283. The van der Waals surface area contributed by atoms with Crippen molar-refractivity contribution >= 4 is 21.6 Å². The van der Waals surface area contributed by atoms with E-state index < -0.39 is 10.0 Å². The number of anilines is 1. The van der Waals surface area contributed by atoms with Crippen molar-refractivity contribution in [2.24, 2.45) is 0 Å². The summed E-state index contributed by atoms with van der Waals surface area (Å²) in [6, 6.07) is 4.72. The minimum Gasteiger partial charge on any atom is -0.315 e. The van der Waals surface area contributed by atoms with Crippen LogP contribution in [0.25, 0.3) is 0 Å². The summed E-state index contributed by atoms with van der Waals surface area (Å²) in [7, 11) is -1.87. The lowest BCUT2D eigenvalue weighted by atomic mass is 10.2. The molecule has 0 atom stereocenters. The Morgan fingerprint density at radius 1 is 1.47 bits per heavy atom. The van der Waals surface area contributed by atoms with Crippen molar-refractivity contribution in [3.63, 3.8) is 0 Å². The van der Waals surface area contributed by atoms with Crippen molar-refractivity contribution in [2.75, 3.05) is 18.5 Å². The first-order valence-corrected chi connectivity index (χ1v) is 7.33. The standard InChI is InChI=1S/C13H16N2O3S/c1-9(2)8-14-19(17,18)11-4-5-12-10(6-11)7-13(16)15(12)3/h4-6,14H,1,7-8H2,2-3H3. The number of hydrogen-bond donors (Lipinski definition) is 1. The third-order valence-electron chi connectivity index (χ3n) is 3.00. The van der Waals surface area contributed by atoms with Crippen molar-refractivity contribution in [1.82, 2.24) is 4.72 Å². The number of benzene rings is 1. The molecule has 1 amide bonds. The summed E-state index contributed by atoms with van der Waals surface area (Å²) < 4.78 is 26.6. The Balaban J connectivity index is 2.31. The van der Waals surface area contributed by atoms with Crippen LogP contribution in [-0.2, 0) is 21.2 Å². The average molecular weight is 280 g/mol. The van der Waals surface area contributed by atoms with Crippen molar-refractivity contribution < 1.29 is 13.2 Å². The fourth-order valence-corrected chi connectivity index (χ4v) is 3.06. The molecule has 1 aromatic carbocycles. The van der Waals surface area contributed by atoms with Gasteiger partial charge in [0.1, 0.15) is 0 Å². The second-order valence-electron chi connectivity index (χ2n) is 4.70. The summed E-state index contributed by atoms with van der Waals surface area (Å²) in [6.07, 6.45) is 0.246. The van der Waals surface area contributed by atoms with Gasteiger partial charge in [-0.1, -0.05) is 12.2 Å². The van der Waals surface area contributed by atoms with E-state index in [4.69, 9.17) is 0 Å². The Morgan fingerprint density at radius 2 is 2.16 bits per heavy atom. The molecule has 19 heavy (non-hydrogen) atoms. The number of rotatable bonds is 4. The third-order valence-corrected chi connectivity index (χ3v) is 4.40. The van der Waals surface area contributed by atoms with Gasteiger partial charge >= 0.3 is 0 Å². The number of nitrogens with zero attached hydrogens (tertiary/aromatic N) is 1. The quantitative estimate of drug-likeness (QED) is 0.839. The zero-order chi connectivity index (χ0) is 14.2. The molecule has 0 unspecified atom stereocenters. The first-order chi connectivity index (χ1) is 8.81. The molecule has 6 heteroatoms. The van der Waals surface area contributed by atoms with Gasteiger partial charge in [-0.2, -0.15) is 0 Å². The molecule has 1 aliphatic heterocycles. The van der Waals surface area contributed by atoms with Crippen LogP contribution in [0.4, 0.5) is 5.69 Å². The fraction of sp³-hybridized carbons (Fsp3) is 0.308. The zero-order valence-corrected chi connectivity index (χ0v) is 11.8. The maximum atomic E-state index is 12.0. The molecule has 0 spiro atoms. The van der Waals surface area contributed by atoms with E-state index in [9.17, 15) is 13.2 Å². The molecule has 5 nitrogen and oxygen atoms in total. The van der Waals surface area contributed by atoms with Crippen molar-refractivity contribution in [1.29, 1.82) is 0 Å². The number of carbonyl (C=O) groups excluding carboxylic acids is 1. The van der Waals surface area contributed by atoms with Gasteiger partial charge in [-0.25, -0.2) is 13.1 Å². The maximum absolute atomic E-state index is 12.0. The molecule has 0 aliphatic carbocycles. The molecule has 0 radical (unpaired) electrons. The number of sulfonamides is 1. The molecule has 1 heterocycles. The van der Waals surface area contributed by atoms with Crippen LogP contribution in [0.3, 0.4) is 0 Å². The molecule has 1 aromatic rings. The predicted molar refractivity (Wildman–Crippen MR) is 73.6 cm³/mol. The van der Waals surface area contributed by atoms with Crippen LogP contribution < -0.4 is 9.62 Å². The Bertz CT molecular complexity index is 650. The summed E-state index contributed by atoms with van der Waals surface area (Å²) in [4.78, 5) is 13.3. The van der Waals surface area contributed by atoms with Gasteiger partial charge in [0.15, 0.2) is 0 Å². The maximum Gasteiger partial charge on any atom is 0.240 e. The molecule has 0 fully saturated rings. The lowest BCUT2D eigenvalue weighted by molar-refractivity contribution is -0.117. The molecular formula is C13H16N2O3S. The number of fused-ring (bicyclic) bond motifs is 1. The van der Waals surface area contributed by atoms with E-state index in [-0.39, 0.29) is 23.8 Å². The lowest BCUT2D eigenvalue weighted by Gasteiger charge is -2.11. The lowest BCUT2D eigenvalue weighted by Crippen LogP contribution is -2.25. The van der Waals surface area contributed by atoms with E-state index >= 15 is 0 Å². The van der Waals surface area contributed by atoms with Gasteiger partial charge in [-0.15, -0.1) is 0 Å². The van der Waals surface area contributed by atoms with Crippen molar-refractivity contribution in [2.45, 2.75) is 18.2 Å². The SMILES string of the molecule is C=C(C)CNS(=O)(=O)c1ccc2c(c1)CC(=O)N2C. The van der Waals surface area contributed by atoms with Gasteiger partial charge < -0.3 is 4.90 Å². The highest BCUT2D eigenvalue weighted by atomic mass is 32.2. The van der Waals surface area contributed by atoms with E-state index in [0.29, 0.717) is 0 Å². The number of nitrogens with one attached hydrogen (secondary N) is 1. The van der Waals surface area contributed by atoms with E-state index in [1.165, 1.54) is 11.0 Å². The molecule has 102 valence electrons. The highest BCUT2D eigenvalue weighted by molar-refractivity contribution is 7.89. The predicted octanol–water partition coefficient (Wildman–Crippen LogP) is 1.06. The zero-order valence-electron chi connectivity index (χ0n) is 10.9. The van der Waals surface area contributed by atoms with Crippen LogP contribution >= 0.6 is 0 Å². The minimum absolute atomic E-state index is 0.0283. The van der Waals surface area contributed by atoms with Gasteiger partial charge in [-0.3, -0.25) is 4.79 Å². The van der Waals surface area contributed by atoms with Gasteiger partial charge in [0.05, 0.1) is 11.3 Å². The molecule has 1 aliphatic rings. The van der Waals surface area contributed by atoms with E-state index in [1.54, 1.807) is 26.1 Å². The van der Waals surface area contributed by atoms with Crippen LogP contribution in [0.15, 0.2) is 35.2 Å². The normalized spacial score (nSPS) is 14.6. The topological polar surface area (TPSA) is 66.5 Å². The average Bonchev–Trinajstić information content (AvgIpc) is 2.62. The van der Waals surface area contributed by atoms with E-state index in [0.717, 1.165) is 16.8 Å². The number of hydrogen-bond acceptors (Lipinski definition) is 3.